The molecule has 0 atom stereocenters. The normalized spacial score (nSPS) is 11.1. The summed E-state index contributed by atoms with van der Waals surface area (Å²) in [5.74, 6) is 1.01. The summed E-state index contributed by atoms with van der Waals surface area (Å²) in [6.45, 7) is 4.28. The van der Waals surface area contributed by atoms with Crippen LogP contribution in [0, 0.1) is 0 Å². The Kier molecular flexibility index (Phi) is 5.38. The van der Waals surface area contributed by atoms with Gasteiger partial charge in [-0.3, -0.25) is 4.79 Å². The van der Waals surface area contributed by atoms with Gasteiger partial charge in [-0.1, -0.05) is 78.0 Å². The fourth-order valence-electron chi connectivity index (χ4n) is 3.44. The zero-order valence-corrected chi connectivity index (χ0v) is 16.6. The highest BCUT2D eigenvalue weighted by Gasteiger charge is 2.21. The molecule has 0 aliphatic carbocycles. The maximum absolute atomic E-state index is 13.1. The molecule has 0 radical (unpaired) electrons. The molecule has 1 heterocycles. The first-order valence-corrected chi connectivity index (χ1v) is 9.76. The lowest BCUT2D eigenvalue weighted by molar-refractivity contribution is -0.133. The second-order valence-electron chi connectivity index (χ2n) is 7.31. The molecule has 4 aromatic rings. The topological polar surface area (TPSA) is 59.2 Å². The van der Waals surface area contributed by atoms with Crippen LogP contribution in [-0.4, -0.2) is 27.0 Å². The van der Waals surface area contributed by atoms with E-state index in [9.17, 15) is 4.79 Å². The van der Waals surface area contributed by atoms with Gasteiger partial charge in [0.2, 0.25) is 17.6 Å². The van der Waals surface area contributed by atoms with Crippen LogP contribution >= 0.6 is 0 Å². The second kappa shape index (κ2) is 8.27. The van der Waals surface area contributed by atoms with Crippen molar-refractivity contribution >= 4 is 16.7 Å². The largest absolute Gasteiger partial charge is 0.337 e. The van der Waals surface area contributed by atoms with Gasteiger partial charge in [0.25, 0.3) is 0 Å². The first kappa shape index (κ1) is 18.9. The van der Waals surface area contributed by atoms with E-state index in [0.29, 0.717) is 24.7 Å². The van der Waals surface area contributed by atoms with E-state index >= 15 is 0 Å². The molecule has 0 saturated carbocycles. The third kappa shape index (κ3) is 4.19. The van der Waals surface area contributed by atoms with E-state index in [2.05, 4.69) is 28.3 Å². The van der Waals surface area contributed by atoms with Crippen LogP contribution in [0.2, 0.25) is 0 Å². The minimum atomic E-state index is 0.0181. The van der Waals surface area contributed by atoms with Crippen LogP contribution in [0.1, 0.15) is 25.3 Å². The molecule has 0 unspecified atom stereocenters. The van der Waals surface area contributed by atoms with Gasteiger partial charge in [-0.05, 0) is 30.2 Å². The van der Waals surface area contributed by atoms with E-state index in [-0.39, 0.29) is 11.9 Å². The van der Waals surface area contributed by atoms with Crippen molar-refractivity contribution in [3.05, 3.63) is 84.3 Å². The third-order valence-corrected chi connectivity index (χ3v) is 4.97. The monoisotopic (exact) mass is 385 g/mol. The minimum Gasteiger partial charge on any atom is -0.337 e. The summed E-state index contributed by atoms with van der Waals surface area (Å²) < 4.78 is 5.42. The van der Waals surface area contributed by atoms with Crippen molar-refractivity contribution in [1.82, 2.24) is 15.0 Å². The zero-order chi connectivity index (χ0) is 20.2. The first-order chi connectivity index (χ1) is 14.1. The third-order valence-electron chi connectivity index (χ3n) is 4.97. The molecule has 0 fully saturated rings. The number of nitrogens with zero attached hydrogens (tertiary/aromatic N) is 3. The van der Waals surface area contributed by atoms with Gasteiger partial charge in [0, 0.05) is 11.6 Å². The van der Waals surface area contributed by atoms with Crippen LogP contribution in [0.15, 0.2) is 77.3 Å². The summed E-state index contributed by atoms with van der Waals surface area (Å²) in [6, 6.07) is 23.9. The molecule has 0 aliphatic heterocycles. The molecule has 29 heavy (non-hydrogen) atoms. The van der Waals surface area contributed by atoms with Crippen molar-refractivity contribution in [3.63, 3.8) is 0 Å². The number of benzene rings is 3. The Morgan fingerprint density at radius 1 is 0.966 bits per heavy atom. The minimum absolute atomic E-state index is 0.0181. The van der Waals surface area contributed by atoms with E-state index in [4.69, 9.17) is 4.52 Å². The summed E-state index contributed by atoms with van der Waals surface area (Å²) >= 11 is 0. The number of aromatic nitrogens is 2. The number of hydrogen-bond donors (Lipinski definition) is 0. The van der Waals surface area contributed by atoms with Crippen LogP contribution in [0.3, 0.4) is 0 Å². The average molecular weight is 385 g/mol. The van der Waals surface area contributed by atoms with E-state index in [1.165, 1.54) is 0 Å². The van der Waals surface area contributed by atoms with Crippen LogP contribution in [0.4, 0.5) is 0 Å². The number of hydrogen-bond acceptors (Lipinski definition) is 4. The van der Waals surface area contributed by atoms with Gasteiger partial charge < -0.3 is 9.42 Å². The number of carbonyl (C=O) groups is 1. The van der Waals surface area contributed by atoms with Crippen LogP contribution in [0.25, 0.3) is 22.2 Å². The molecule has 0 saturated heterocycles. The second-order valence-corrected chi connectivity index (χ2v) is 7.31. The number of amides is 1. The molecule has 1 amide bonds. The maximum Gasteiger partial charge on any atom is 0.246 e. The first-order valence-electron chi connectivity index (χ1n) is 9.76. The summed E-state index contributed by atoms with van der Waals surface area (Å²) in [5.41, 5.74) is 1.91. The summed E-state index contributed by atoms with van der Waals surface area (Å²) in [7, 11) is 0. The number of carbonyl (C=O) groups excluding carboxylic acids is 1. The van der Waals surface area contributed by atoms with E-state index < -0.39 is 0 Å². The molecule has 3 aromatic carbocycles. The van der Waals surface area contributed by atoms with Gasteiger partial charge >= 0.3 is 0 Å². The maximum atomic E-state index is 13.1. The number of rotatable bonds is 6. The quantitative estimate of drug-likeness (QED) is 0.475. The lowest BCUT2D eigenvalue weighted by Crippen LogP contribution is -2.37. The molecule has 4 rings (SSSR count). The summed E-state index contributed by atoms with van der Waals surface area (Å²) in [4.78, 5) is 19.4. The number of fused-ring (bicyclic) bond motifs is 1. The van der Waals surface area contributed by atoms with Crippen molar-refractivity contribution in [2.75, 3.05) is 0 Å². The van der Waals surface area contributed by atoms with Crippen molar-refractivity contribution in [2.45, 2.75) is 32.9 Å². The lowest BCUT2D eigenvalue weighted by atomic mass is 10.0. The summed E-state index contributed by atoms with van der Waals surface area (Å²) in [6.07, 6.45) is 0.333. The van der Waals surface area contributed by atoms with Crippen molar-refractivity contribution in [2.24, 2.45) is 0 Å². The molecule has 0 aliphatic rings. The van der Waals surface area contributed by atoms with Crippen LogP contribution in [-0.2, 0) is 17.8 Å². The Bertz CT molecular complexity index is 1110. The smallest absolute Gasteiger partial charge is 0.246 e. The van der Waals surface area contributed by atoms with Crippen LogP contribution < -0.4 is 0 Å². The van der Waals surface area contributed by atoms with Gasteiger partial charge in [0.15, 0.2) is 0 Å². The molecule has 146 valence electrons. The Morgan fingerprint density at radius 2 is 1.69 bits per heavy atom. The van der Waals surface area contributed by atoms with Gasteiger partial charge in [-0.15, -0.1) is 0 Å². The highest BCUT2D eigenvalue weighted by Crippen LogP contribution is 2.21. The Morgan fingerprint density at radius 3 is 2.48 bits per heavy atom. The van der Waals surface area contributed by atoms with Crippen molar-refractivity contribution < 1.29 is 9.32 Å². The van der Waals surface area contributed by atoms with E-state index in [1.54, 1.807) is 4.90 Å². The van der Waals surface area contributed by atoms with E-state index in [0.717, 1.165) is 21.9 Å². The van der Waals surface area contributed by atoms with Crippen molar-refractivity contribution in [3.8, 4) is 11.4 Å². The zero-order valence-electron chi connectivity index (χ0n) is 16.6. The van der Waals surface area contributed by atoms with Gasteiger partial charge in [-0.25, -0.2) is 0 Å². The molecular weight excluding hydrogens is 362 g/mol. The van der Waals surface area contributed by atoms with Crippen LogP contribution in [0.5, 0.6) is 0 Å². The lowest BCUT2D eigenvalue weighted by Gasteiger charge is -2.25. The van der Waals surface area contributed by atoms with Gasteiger partial charge in [0.05, 0.1) is 6.42 Å². The molecule has 0 bridgehead atoms. The van der Waals surface area contributed by atoms with E-state index in [1.807, 2.05) is 68.4 Å². The van der Waals surface area contributed by atoms with Gasteiger partial charge in [-0.2, -0.15) is 4.98 Å². The predicted molar refractivity (Wildman–Crippen MR) is 113 cm³/mol. The predicted octanol–water partition coefficient (Wildman–Crippen LogP) is 4.87. The molecule has 5 nitrogen and oxygen atoms in total. The summed E-state index contributed by atoms with van der Waals surface area (Å²) in [5, 5.41) is 6.30. The molecular formula is C24H23N3O2. The Hall–Kier alpha value is -3.47. The molecule has 5 heteroatoms. The SMILES string of the molecule is CC(C)N(Cc1nc(-c2ccccc2)no1)C(=O)Cc1cccc2ccccc12. The Balaban J connectivity index is 1.53. The Labute approximate surface area is 170 Å². The molecule has 0 N–H and O–H groups in total. The highest BCUT2D eigenvalue weighted by molar-refractivity contribution is 5.90. The standard InChI is InChI=1S/C24H23N3O2/c1-17(2)27(16-22-25-24(26-29-22)19-10-4-3-5-11-19)23(28)15-20-13-8-12-18-9-6-7-14-21(18)20/h3-14,17H,15-16H2,1-2H3. The van der Waals surface area contributed by atoms with Gasteiger partial charge in [0.1, 0.15) is 6.54 Å². The highest BCUT2D eigenvalue weighted by atomic mass is 16.5. The van der Waals surface area contributed by atoms with Crippen molar-refractivity contribution in [1.29, 1.82) is 0 Å². The molecule has 1 aromatic heterocycles. The molecule has 0 spiro atoms. The fourth-order valence-corrected chi connectivity index (χ4v) is 3.44. The average Bonchev–Trinajstić information content (AvgIpc) is 3.21. The fraction of sp³-hybridized carbons (Fsp3) is 0.208.